The molecular weight excluding hydrogens is 535 g/mol. The molecule has 0 unspecified atom stereocenters. The number of benzene rings is 1. The molecular formula is C31H37FN8O2. The molecule has 1 aliphatic heterocycles. The molecule has 2 amide bonds. The number of hydrogen-bond donors (Lipinski definition) is 2. The SMILES string of the molecule is CC(=O)Nc1ccc(N(Cc2cc(C#N)ccc2F)C2CCN([C@H](C)CCNC(=O)c3c(C)ncnc3C)CC2)cn1. The molecule has 4 rings (SSSR count). The number of nitrogens with zero attached hydrogens (tertiary/aromatic N) is 6. The molecule has 3 aromatic rings. The smallest absolute Gasteiger partial charge is 0.254 e. The van der Waals surface area contributed by atoms with Gasteiger partial charge in [-0.25, -0.2) is 19.3 Å². The van der Waals surface area contributed by atoms with Gasteiger partial charge in [0.1, 0.15) is 18.0 Å². The number of aromatic nitrogens is 3. The molecule has 0 radical (unpaired) electrons. The van der Waals surface area contributed by atoms with E-state index in [1.165, 1.54) is 25.4 Å². The minimum Gasteiger partial charge on any atom is -0.363 e. The number of halogens is 1. The van der Waals surface area contributed by atoms with Crippen LogP contribution in [0, 0.1) is 31.0 Å². The largest absolute Gasteiger partial charge is 0.363 e. The van der Waals surface area contributed by atoms with Gasteiger partial charge in [0.25, 0.3) is 5.91 Å². The van der Waals surface area contributed by atoms with Crippen molar-refractivity contribution < 1.29 is 14.0 Å². The first-order chi connectivity index (χ1) is 20.2. The van der Waals surface area contributed by atoms with Gasteiger partial charge in [0.15, 0.2) is 0 Å². The Balaban J connectivity index is 1.40. The second-order valence-electron chi connectivity index (χ2n) is 10.7. The molecule has 10 nitrogen and oxygen atoms in total. The topological polar surface area (TPSA) is 127 Å². The van der Waals surface area contributed by atoms with E-state index < -0.39 is 0 Å². The van der Waals surface area contributed by atoms with E-state index in [9.17, 15) is 19.2 Å². The molecule has 2 aromatic heterocycles. The Hall–Kier alpha value is -4.43. The van der Waals surface area contributed by atoms with Crippen LogP contribution in [0.2, 0.25) is 0 Å². The highest BCUT2D eigenvalue weighted by Crippen LogP contribution is 2.28. The van der Waals surface area contributed by atoms with E-state index in [1.54, 1.807) is 18.3 Å². The number of carbonyl (C=O) groups excluding carboxylic acids is 2. The number of amides is 2. The van der Waals surface area contributed by atoms with Crippen molar-refractivity contribution in [1.82, 2.24) is 25.2 Å². The highest BCUT2D eigenvalue weighted by Gasteiger charge is 2.28. The summed E-state index contributed by atoms with van der Waals surface area (Å²) < 4.78 is 14.8. The Kier molecular flexibility index (Phi) is 10.1. The van der Waals surface area contributed by atoms with Crippen LogP contribution >= 0.6 is 0 Å². The first-order valence-corrected chi connectivity index (χ1v) is 14.2. The van der Waals surface area contributed by atoms with Crippen LogP contribution in [0.5, 0.6) is 0 Å². The minimum atomic E-state index is -0.359. The van der Waals surface area contributed by atoms with Gasteiger partial charge in [-0.3, -0.25) is 9.59 Å². The second-order valence-corrected chi connectivity index (χ2v) is 10.7. The van der Waals surface area contributed by atoms with Gasteiger partial charge in [0.2, 0.25) is 5.91 Å². The maximum absolute atomic E-state index is 14.8. The molecule has 0 spiro atoms. The summed E-state index contributed by atoms with van der Waals surface area (Å²) in [5, 5.41) is 15.0. The fraction of sp³-hybridized carbons (Fsp3) is 0.419. The average molecular weight is 573 g/mol. The average Bonchev–Trinajstić information content (AvgIpc) is 2.97. The van der Waals surface area contributed by atoms with Gasteiger partial charge in [-0.05, 0) is 70.4 Å². The van der Waals surface area contributed by atoms with Crippen molar-refractivity contribution in [1.29, 1.82) is 5.26 Å². The monoisotopic (exact) mass is 572 g/mol. The number of rotatable bonds is 10. The first kappa shape index (κ1) is 30.5. The van der Waals surface area contributed by atoms with Gasteiger partial charge in [-0.1, -0.05) is 0 Å². The Morgan fingerprint density at radius 2 is 1.86 bits per heavy atom. The van der Waals surface area contributed by atoms with Gasteiger partial charge in [0, 0.05) is 50.7 Å². The Labute approximate surface area is 246 Å². The maximum atomic E-state index is 14.8. The number of likely N-dealkylation sites (tertiary alicyclic amines) is 1. The van der Waals surface area contributed by atoms with Crippen LogP contribution in [0.15, 0.2) is 42.9 Å². The quantitative estimate of drug-likeness (QED) is 0.371. The van der Waals surface area contributed by atoms with Crippen LogP contribution in [0.1, 0.15) is 66.0 Å². The van der Waals surface area contributed by atoms with Crippen LogP contribution in [-0.2, 0) is 11.3 Å². The van der Waals surface area contributed by atoms with E-state index in [-0.39, 0.29) is 36.3 Å². The fourth-order valence-corrected chi connectivity index (χ4v) is 5.42. The summed E-state index contributed by atoms with van der Waals surface area (Å²) in [5.74, 6) is -0.270. The second kappa shape index (κ2) is 14.0. The normalized spacial score (nSPS) is 14.6. The number of nitriles is 1. The van der Waals surface area contributed by atoms with Crippen molar-refractivity contribution in [2.24, 2.45) is 0 Å². The lowest BCUT2D eigenvalue weighted by atomic mass is 9.99. The predicted octanol–water partition coefficient (Wildman–Crippen LogP) is 4.14. The lowest BCUT2D eigenvalue weighted by Gasteiger charge is -2.42. The predicted molar refractivity (Wildman–Crippen MR) is 158 cm³/mol. The van der Waals surface area contributed by atoms with Crippen LogP contribution in [-0.4, -0.2) is 63.4 Å². The Bertz CT molecular complexity index is 1430. The minimum absolute atomic E-state index is 0.121. The summed E-state index contributed by atoms with van der Waals surface area (Å²) in [7, 11) is 0. The maximum Gasteiger partial charge on any atom is 0.254 e. The van der Waals surface area contributed by atoms with Crippen molar-refractivity contribution in [3.63, 3.8) is 0 Å². The van der Waals surface area contributed by atoms with E-state index in [1.807, 2.05) is 19.9 Å². The molecule has 0 bridgehead atoms. The highest BCUT2D eigenvalue weighted by molar-refractivity contribution is 5.96. The third-order valence-corrected chi connectivity index (χ3v) is 7.76. The molecule has 42 heavy (non-hydrogen) atoms. The number of hydrogen-bond acceptors (Lipinski definition) is 8. The molecule has 3 heterocycles. The van der Waals surface area contributed by atoms with Gasteiger partial charge in [0.05, 0.1) is 40.5 Å². The number of pyridine rings is 1. The van der Waals surface area contributed by atoms with E-state index in [4.69, 9.17) is 0 Å². The highest BCUT2D eigenvalue weighted by atomic mass is 19.1. The molecule has 11 heteroatoms. The van der Waals surface area contributed by atoms with Gasteiger partial charge >= 0.3 is 0 Å². The van der Waals surface area contributed by atoms with Crippen LogP contribution < -0.4 is 15.5 Å². The van der Waals surface area contributed by atoms with E-state index >= 15 is 0 Å². The fourth-order valence-electron chi connectivity index (χ4n) is 5.42. The van der Waals surface area contributed by atoms with Crippen molar-refractivity contribution >= 4 is 23.3 Å². The Morgan fingerprint density at radius 1 is 1.14 bits per heavy atom. The van der Waals surface area contributed by atoms with Gasteiger partial charge in [-0.15, -0.1) is 0 Å². The number of nitrogens with one attached hydrogen (secondary N) is 2. The lowest BCUT2D eigenvalue weighted by Crippen LogP contribution is -2.48. The van der Waals surface area contributed by atoms with Gasteiger partial charge < -0.3 is 20.4 Å². The third kappa shape index (κ3) is 7.64. The van der Waals surface area contributed by atoms with Crippen molar-refractivity contribution in [2.75, 3.05) is 29.9 Å². The summed E-state index contributed by atoms with van der Waals surface area (Å²) in [5.41, 5.74) is 3.53. The number of carbonyl (C=O) groups is 2. The Morgan fingerprint density at radius 3 is 2.48 bits per heavy atom. The van der Waals surface area contributed by atoms with Crippen molar-refractivity contribution in [2.45, 2.75) is 65.6 Å². The summed E-state index contributed by atoms with van der Waals surface area (Å²) in [4.78, 5) is 41.3. The van der Waals surface area contributed by atoms with Crippen molar-refractivity contribution in [3.05, 3.63) is 76.8 Å². The molecule has 1 fully saturated rings. The van der Waals surface area contributed by atoms with Crippen LogP contribution in [0.4, 0.5) is 15.9 Å². The van der Waals surface area contributed by atoms with E-state index in [0.29, 0.717) is 40.4 Å². The molecule has 2 N–H and O–H groups in total. The zero-order valence-electron chi connectivity index (χ0n) is 24.5. The molecule has 0 aliphatic carbocycles. The zero-order valence-corrected chi connectivity index (χ0v) is 24.5. The van der Waals surface area contributed by atoms with Crippen LogP contribution in [0.3, 0.4) is 0 Å². The summed E-state index contributed by atoms with van der Waals surface area (Å²) >= 11 is 0. The third-order valence-electron chi connectivity index (χ3n) is 7.76. The molecule has 1 aromatic carbocycles. The summed E-state index contributed by atoms with van der Waals surface area (Å²) in [6.45, 7) is 9.73. The van der Waals surface area contributed by atoms with Crippen molar-refractivity contribution in [3.8, 4) is 6.07 Å². The first-order valence-electron chi connectivity index (χ1n) is 14.2. The summed E-state index contributed by atoms with van der Waals surface area (Å²) in [6.07, 6.45) is 5.65. The molecule has 1 aliphatic rings. The molecule has 1 saturated heterocycles. The molecule has 220 valence electrons. The number of piperidine rings is 1. The summed E-state index contributed by atoms with van der Waals surface area (Å²) in [6, 6.07) is 10.5. The number of aryl methyl sites for hydroxylation is 2. The van der Waals surface area contributed by atoms with E-state index in [2.05, 4.69) is 48.4 Å². The van der Waals surface area contributed by atoms with E-state index in [0.717, 1.165) is 38.0 Å². The lowest BCUT2D eigenvalue weighted by molar-refractivity contribution is -0.114. The standard InChI is InChI=1S/C31H37FN8O2/c1-20(9-12-34-31(42)30-21(2)36-19-37-22(30)3)39-13-10-26(11-14-39)40(18-25-15-24(16-33)5-7-28(25)32)27-6-8-29(35-17-27)38-23(4)41/h5-8,15,17,19-20,26H,9-14,18H2,1-4H3,(H,34,42)(H,35,38,41)/t20-/m1/s1. The number of anilines is 2. The van der Waals surface area contributed by atoms with Crippen LogP contribution in [0.25, 0.3) is 0 Å². The molecule has 1 atom stereocenters. The molecule has 0 saturated carbocycles. The zero-order chi connectivity index (χ0) is 30.2. The van der Waals surface area contributed by atoms with Gasteiger partial charge in [-0.2, -0.15) is 5.26 Å².